The van der Waals surface area contributed by atoms with Gasteiger partial charge in [0.1, 0.15) is 0 Å². The van der Waals surface area contributed by atoms with E-state index in [1.54, 1.807) is 19.1 Å². The van der Waals surface area contributed by atoms with Crippen LogP contribution in [-0.2, 0) is 19.6 Å². The van der Waals surface area contributed by atoms with E-state index < -0.39 is 15.9 Å². The summed E-state index contributed by atoms with van der Waals surface area (Å²) >= 11 is 0. The number of aryl methyl sites for hydroxylation is 1. The van der Waals surface area contributed by atoms with Gasteiger partial charge in [0.05, 0.1) is 18.0 Å². The maximum absolute atomic E-state index is 13.0. The smallest absolute Gasteiger partial charge is 0.254 e. The molecule has 0 fully saturated rings. The first-order valence-electron chi connectivity index (χ1n) is 10.4. The standard InChI is InChI=1S/C24H27N3O5S/c1-17-11-12-19(33(30,31)25-13-14-32-3)15-21(17)24(29)27(2)16-23(28)26-22-10-6-8-18-7-4-5-9-20(18)22/h4-12,15,25H,13-14,16H2,1-3H3,(H,26,28). The van der Waals surface area contributed by atoms with Gasteiger partial charge in [-0.05, 0) is 36.1 Å². The molecule has 0 saturated carbocycles. The van der Waals surface area contributed by atoms with E-state index in [4.69, 9.17) is 4.74 Å². The first-order valence-corrected chi connectivity index (χ1v) is 11.8. The molecule has 0 bridgehead atoms. The van der Waals surface area contributed by atoms with Crippen LogP contribution in [0.1, 0.15) is 15.9 Å². The normalized spacial score (nSPS) is 11.4. The number of hydrogen-bond acceptors (Lipinski definition) is 5. The largest absolute Gasteiger partial charge is 0.383 e. The molecule has 0 saturated heterocycles. The third kappa shape index (κ3) is 5.95. The lowest BCUT2D eigenvalue weighted by Crippen LogP contribution is -2.35. The molecule has 2 N–H and O–H groups in total. The minimum Gasteiger partial charge on any atom is -0.383 e. The number of carbonyl (C=O) groups excluding carboxylic acids is 2. The molecule has 0 atom stereocenters. The van der Waals surface area contributed by atoms with Gasteiger partial charge in [-0.1, -0.05) is 42.5 Å². The molecule has 0 aliphatic carbocycles. The van der Waals surface area contributed by atoms with Crippen molar-refractivity contribution in [2.45, 2.75) is 11.8 Å². The molecule has 174 valence electrons. The Labute approximate surface area is 193 Å². The van der Waals surface area contributed by atoms with Crippen LogP contribution >= 0.6 is 0 Å². The zero-order chi connectivity index (χ0) is 24.0. The first-order chi connectivity index (χ1) is 15.7. The maximum Gasteiger partial charge on any atom is 0.254 e. The van der Waals surface area contributed by atoms with Crippen molar-refractivity contribution in [3.8, 4) is 0 Å². The third-order valence-corrected chi connectivity index (χ3v) is 6.60. The number of benzene rings is 3. The number of amides is 2. The quantitative estimate of drug-likeness (QED) is 0.469. The summed E-state index contributed by atoms with van der Waals surface area (Å²) < 4.78 is 32.3. The average molecular weight is 470 g/mol. The highest BCUT2D eigenvalue weighted by atomic mass is 32.2. The van der Waals surface area contributed by atoms with Crippen LogP contribution in [0.2, 0.25) is 0 Å². The number of anilines is 1. The molecule has 0 heterocycles. The summed E-state index contributed by atoms with van der Waals surface area (Å²) in [5.41, 5.74) is 1.48. The highest BCUT2D eigenvalue weighted by molar-refractivity contribution is 7.89. The number of nitrogens with zero attached hydrogens (tertiary/aromatic N) is 1. The molecule has 3 aromatic rings. The van der Waals surface area contributed by atoms with Crippen molar-refractivity contribution in [1.82, 2.24) is 9.62 Å². The summed E-state index contributed by atoms with van der Waals surface area (Å²) in [7, 11) is -0.818. The minimum atomic E-state index is -3.80. The zero-order valence-electron chi connectivity index (χ0n) is 18.8. The molecule has 0 aliphatic heterocycles. The van der Waals surface area contributed by atoms with Crippen molar-refractivity contribution < 1.29 is 22.7 Å². The van der Waals surface area contributed by atoms with Gasteiger partial charge < -0.3 is 15.0 Å². The molecule has 9 heteroatoms. The van der Waals surface area contributed by atoms with Crippen LogP contribution in [0.3, 0.4) is 0 Å². The van der Waals surface area contributed by atoms with E-state index in [1.165, 1.54) is 31.2 Å². The molecule has 8 nitrogen and oxygen atoms in total. The topological polar surface area (TPSA) is 105 Å². The van der Waals surface area contributed by atoms with Gasteiger partial charge in [0.25, 0.3) is 5.91 Å². The third-order valence-electron chi connectivity index (χ3n) is 5.14. The van der Waals surface area contributed by atoms with Gasteiger partial charge in [0, 0.05) is 37.3 Å². The number of likely N-dealkylation sites (N-methyl/N-ethyl adjacent to an activating group) is 1. The van der Waals surface area contributed by atoms with Crippen LogP contribution in [0, 0.1) is 6.92 Å². The number of methoxy groups -OCH3 is 1. The van der Waals surface area contributed by atoms with Gasteiger partial charge in [-0.15, -0.1) is 0 Å². The van der Waals surface area contributed by atoms with Crippen LogP contribution in [-0.4, -0.2) is 59.0 Å². The number of hydrogen-bond donors (Lipinski definition) is 2. The molecule has 0 aliphatic rings. The van der Waals surface area contributed by atoms with Crippen LogP contribution in [0.25, 0.3) is 10.8 Å². The van der Waals surface area contributed by atoms with E-state index in [1.807, 2.05) is 36.4 Å². The molecule has 33 heavy (non-hydrogen) atoms. The van der Waals surface area contributed by atoms with E-state index in [0.29, 0.717) is 11.3 Å². The Morgan fingerprint density at radius 1 is 1.03 bits per heavy atom. The monoisotopic (exact) mass is 469 g/mol. The van der Waals surface area contributed by atoms with Crippen molar-refractivity contribution in [3.63, 3.8) is 0 Å². The second-order valence-electron chi connectivity index (χ2n) is 7.60. The molecule has 0 radical (unpaired) electrons. The number of nitrogens with one attached hydrogen (secondary N) is 2. The van der Waals surface area contributed by atoms with E-state index >= 15 is 0 Å². The minimum absolute atomic E-state index is 0.0267. The lowest BCUT2D eigenvalue weighted by atomic mass is 10.1. The van der Waals surface area contributed by atoms with Crippen LogP contribution < -0.4 is 10.0 Å². The zero-order valence-corrected chi connectivity index (χ0v) is 19.6. The predicted molar refractivity (Wildman–Crippen MR) is 128 cm³/mol. The number of sulfonamides is 1. The fourth-order valence-corrected chi connectivity index (χ4v) is 4.42. The Bertz CT molecular complexity index is 1270. The Morgan fingerprint density at radius 3 is 2.52 bits per heavy atom. The van der Waals surface area contributed by atoms with E-state index in [-0.39, 0.29) is 36.1 Å². The Morgan fingerprint density at radius 2 is 1.76 bits per heavy atom. The number of carbonyl (C=O) groups is 2. The summed E-state index contributed by atoms with van der Waals surface area (Å²) in [4.78, 5) is 26.9. The molecule has 3 aromatic carbocycles. The SMILES string of the molecule is COCCNS(=O)(=O)c1ccc(C)c(C(=O)N(C)CC(=O)Nc2cccc3ccccc23)c1. The predicted octanol–water partition coefficient (Wildman–Crippen LogP) is 2.78. The van der Waals surface area contributed by atoms with Crippen molar-refractivity contribution >= 4 is 38.3 Å². The molecular weight excluding hydrogens is 442 g/mol. The molecule has 0 unspecified atom stereocenters. The number of fused-ring (bicyclic) bond motifs is 1. The molecule has 2 amide bonds. The summed E-state index contributed by atoms with van der Waals surface area (Å²) in [6, 6.07) is 17.6. The molecule has 0 aromatic heterocycles. The molecule has 3 rings (SSSR count). The van der Waals surface area contributed by atoms with Crippen LogP contribution in [0.15, 0.2) is 65.6 Å². The number of ether oxygens (including phenoxy) is 1. The summed E-state index contributed by atoms with van der Waals surface area (Å²) in [6.07, 6.45) is 0. The highest BCUT2D eigenvalue weighted by Gasteiger charge is 2.21. The van der Waals surface area contributed by atoms with Crippen molar-refractivity contribution in [2.75, 3.05) is 39.2 Å². The highest BCUT2D eigenvalue weighted by Crippen LogP contribution is 2.23. The van der Waals surface area contributed by atoms with Gasteiger partial charge in [-0.3, -0.25) is 9.59 Å². The van der Waals surface area contributed by atoms with Gasteiger partial charge in [-0.25, -0.2) is 13.1 Å². The Balaban J connectivity index is 1.73. The van der Waals surface area contributed by atoms with E-state index in [2.05, 4.69) is 10.0 Å². The van der Waals surface area contributed by atoms with Crippen molar-refractivity contribution in [3.05, 3.63) is 71.8 Å². The van der Waals surface area contributed by atoms with E-state index in [9.17, 15) is 18.0 Å². The summed E-state index contributed by atoms with van der Waals surface area (Å²) in [6.45, 7) is 1.87. The van der Waals surface area contributed by atoms with Crippen LogP contribution in [0.4, 0.5) is 5.69 Å². The van der Waals surface area contributed by atoms with Crippen molar-refractivity contribution in [1.29, 1.82) is 0 Å². The van der Waals surface area contributed by atoms with Crippen LogP contribution in [0.5, 0.6) is 0 Å². The van der Waals surface area contributed by atoms with Gasteiger partial charge in [0.2, 0.25) is 15.9 Å². The number of rotatable bonds is 9. The molecule has 0 spiro atoms. The Hall–Kier alpha value is -3.27. The first kappa shape index (κ1) is 24.4. The Kier molecular flexibility index (Phi) is 7.80. The summed E-state index contributed by atoms with van der Waals surface area (Å²) in [5.74, 6) is -0.806. The lowest BCUT2D eigenvalue weighted by Gasteiger charge is -2.19. The van der Waals surface area contributed by atoms with Gasteiger partial charge >= 0.3 is 0 Å². The fourth-order valence-electron chi connectivity index (χ4n) is 3.38. The van der Waals surface area contributed by atoms with Crippen molar-refractivity contribution in [2.24, 2.45) is 0 Å². The second kappa shape index (κ2) is 10.6. The lowest BCUT2D eigenvalue weighted by molar-refractivity contribution is -0.116. The maximum atomic E-state index is 13.0. The van der Waals surface area contributed by atoms with Gasteiger partial charge in [0.15, 0.2) is 0 Å². The fraction of sp³-hybridized carbons (Fsp3) is 0.250. The second-order valence-corrected chi connectivity index (χ2v) is 9.37. The van der Waals surface area contributed by atoms with Gasteiger partial charge in [-0.2, -0.15) is 0 Å². The van der Waals surface area contributed by atoms with E-state index in [0.717, 1.165) is 10.8 Å². The molecular formula is C24H27N3O5S. The summed E-state index contributed by atoms with van der Waals surface area (Å²) in [5, 5.41) is 4.74. The average Bonchev–Trinajstić information content (AvgIpc) is 2.79.